The summed E-state index contributed by atoms with van der Waals surface area (Å²) in [6.07, 6.45) is 0.645. The SMILES string of the molecule is C=C(Br)CN1CCC(C(=O)O)c2ccccc21. The molecule has 0 bridgehead atoms. The molecule has 1 unspecified atom stereocenters. The fourth-order valence-electron chi connectivity index (χ4n) is 2.26. The van der Waals surface area contributed by atoms with Gasteiger partial charge in [-0.1, -0.05) is 40.7 Å². The average Bonchev–Trinajstić information content (AvgIpc) is 2.28. The molecular weight excluding hydrogens is 282 g/mol. The first kappa shape index (κ1) is 12.2. The van der Waals surface area contributed by atoms with Gasteiger partial charge in [0.1, 0.15) is 0 Å². The minimum absolute atomic E-state index is 0.383. The molecule has 3 nitrogen and oxygen atoms in total. The molecule has 1 aliphatic rings. The highest BCUT2D eigenvalue weighted by atomic mass is 79.9. The van der Waals surface area contributed by atoms with E-state index < -0.39 is 5.97 Å². The van der Waals surface area contributed by atoms with E-state index >= 15 is 0 Å². The second-order valence-electron chi connectivity index (χ2n) is 4.18. The molecule has 1 N–H and O–H groups in total. The van der Waals surface area contributed by atoms with Gasteiger partial charge in [-0.25, -0.2) is 0 Å². The number of hydrogen-bond donors (Lipinski definition) is 1. The van der Waals surface area contributed by atoms with E-state index in [1.165, 1.54) is 0 Å². The first-order chi connectivity index (χ1) is 8.09. The van der Waals surface area contributed by atoms with Gasteiger partial charge >= 0.3 is 5.97 Å². The zero-order chi connectivity index (χ0) is 12.4. The molecule has 0 saturated heterocycles. The minimum atomic E-state index is -0.741. The summed E-state index contributed by atoms with van der Waals surface area (Å²) in [7, 11) is 0. The molecule has 0 saturated carbocycles. The fraction of sp³-hybridized carbons (Fsp3) is 0.308. The van der Waals surface area contributed by atoms with E-state index in [4.69, 9.17) is 0 Å². The average molecular weight is 296 g/mol. The van der Waals surface area contributed by atoms with E-state index in [1.807, 2.05) is 24.3 Å². The van der Waals surface area contributed by atoms with E-state index in [0.717, 1.165) is 22.3 Å². The molecule has 1 aromatic carbocycles. The van der Waals surface area contributed by atoms with Gasteiger partial charge in [-0.2, -0.15) is 0 Å². The first-order valence-corrected chi connectivity index (χ1v) is 6.29. The Kier molecular flexibility index (Phi) is 3.52. The third-order valence-electron chi connectivity index (χ3n) is 3.00. The van der Waals surface area contributed by atoms with Gasteiger partial charge in [0, 0.05) is 23.3 Å². The Morgan fingerprint density at radius 2 is 2.24 bits per heavy atom. The summed E-state index contributed by atoms with van der Waals surface area (Å²) in [4.78, 5) is 13.4. The van der Waals surface area contributed by atoms with Gasteiger partial charge in [0.2, 0.25) is 0 Å². The number of benzene rings is 1. The van der Waals surface area contributed by atoms with Gasteiger partial charge < -0.3 is 10.0 Å². The van der Waals surface area contributed by atoms with E-state index in [-0.39, 0.29) is 5.92 Å². The quantitative estimate of drug-likeness (QED) is 0.932. The molecule has 2 rings (SSSR count). The number of anilines is 1. The summed E-state index contributed by atoms with van der Waals surface area (Å²) in [5.41, 5.74) is 1.91. The van der Waals surface area contributed by atoms with Crippen LogP contribution in [0.15, 0.2) is 35.3 Å². The third kappa shape index (κ3) is 2.52. The lowest BCUT2D eigenvalue weighted by atomic mass is 9.90. The smallest absolute Gasteiger partial charge is 0.311 e. The number of carbonyl (C=O) groups is 1. The van der Waals surface area contributed by atoms with Crippen LogP contribution in [0.3, 0.4) is 0 Å². The zero-order valence-electron chi connectivity index (χ0n) is 9.40. The fourth-order valence-corrected chi connectivity index (χ4v) is 2.56. The zero-order valence-corrected chi connectivity index (χ0v) is 11.0. The summed E-state index contributed by atoms with van der Waals surface area (Å²) < 4.78 is 0.904. The van der Waals surface area contributed by atoms with E-state index in [1.54, 1.807) is 0 Å². The lowest BCUT2D eigenvalue weighted by molar-refractivity contribution is -0.139. The molecule has 1 heterocycles. The molecule has 1 aromatic rings. The van der Waals surface area contributed by atoms with Crippen molar-refractivity contribution in [1.29, 1.82) is 0 Å². The summed E-state index contributed by atoms with van der Waals surface area (Å²) >= 11 is 3.35. The number of nitrogens with zero attached hydrogens (tertiary/aromatic N) is 1. The third-order valence-corrected chi connectivity index (χ3v) is 3.25. The van der Waals surface area contributed by atoms with Crippen LogP contribution in [0.1, 0.15) is 17.9 Å². The molecule has 0 aliphatic carbocycles. The van der Waals surface area contributed by atoms with Crippen molar-refractivity contribution in [2.75, 3.05) is 18.0 Å². The van der Waals surface area contributed by atoms with Crippen LogP contribution in [-0.4, -0.2) is 24.2 Å². The largest absolute Gasteiger partial charge is 0.481 e. The predicted octanol–water partition coefficient (Wildman–Crippen LogP) is 2.97. The molecule has 0 amide bonds. The Hall–Kier alpha value is -1.29. The molecule has 0 radical (unpaired) electrons. The van der Waals surface area contributed by atoms with Crippen LogP contribution in [0.2, 0.25) is 0 Å². The van der Waals surface area contributed by atoms with Crippen molar-refractivity contribution in [2.45, 2.75) is 12.3 Å². The standard InChI is InChI=1S/C13H14BrNO2/c1-9(14)8-15-7-6-11(13(16)17)10-4-2-3-5-12(10)15/h2-5,11H,1,6-8H2,(H,16,17). The van der Waals surface area contributed by atoms with Crippen LogP contribution in [0.25, 0.3) is 0 Å². The maximum atomic E-state index is 11.2. The molecule has 4 heteroatoms. The Morgan fingerprint density at radius 3 is 2.88 bits per heavy atom. The highest BCUT2D eigenvalue weighted by molar-refractivity contribution is 9.11. The lowest BCUT2D eigenvalue weighted by Gasteiger charge is -2.34. The number of rotatable bonds is 3. The van der Waals surface area contributed by atoms with E-state index in [2.05, 4.69) is 27.4 Å². The Labute approximate surface area is 109 Å². The van der Waals surface area contributed by atoms with Crippen molar-refractivity contribution >= 4 is 27.6 Å². The number of carboxylic acids is 1. The molecule has 1 aliphatic heterocycles. The van der Waals surface area contributed by atoms with Gasteiger partial charge in [-0.3, -0.25) is 4.79 Å². The maximum absolute atomic E-state index is 11.2. The Bertz CT molecular complexity index is 458. The summed E-state index contributed by atoms with van der Waals surface area (Å²) in [5, 5.41) is 9.21. The van der Waals surface area contributed by atoms with Crippen LogP contribution < -0.4 is 4.90 Å². The molecule has 1 atom stereocenters. The summed E-state index contributed by atoms with van der Waals surface area (Å²) in [5.74, 6) is -1.12. The van der Waals surface area contributed by atoms with Gasteiger partial charge in [-0.05, 0) is 18.1 Å². The second kappa shape index (κ2) is 4.92. The van der Waals surface area contributed by atoms with Crippen LogP contribution in [-0.2, 0) is 4.79 Å². The van der Waals surface area contributed by atoms with Crippen molar-refractivity contribution in [3.63, 3.8) is 0 Å². The van der Waals surface area contributed by atoms with Crippen LogP contribution >= 0.6 is 15.9 Å². The van der Waals surface area contributed by atoms with Crippen molar-refractivity contribution in [2.24, 2.45) is 0 Å². The Balaban J connectivity index is 2.36. The van der Waals surface area contributed by atoms with Crippen molar-refractivity contribution in [1.82, 2.24) is 0 Å². The minimum Gasteiger partial charge on any atom is -0.481 e. The van der Waals surface area contributed by atoms with Gasteiger partial charge in [0.15, 0.2) is 0 Å². The number of carboxylic acid groups (broad SMARTS) is 1. The van der Waals surface area contributed by atoms with Crippen LogP contribution in [0.5, 0.6) is 0 Å². The maximum Gasteiger partial charge on any atom is 0.311 e. The molecule has 0 fully saturated rings. The summed E-state index contributed by atoms with van der Waals surface area (Å²) in [6.45, 7) is 5.30. The molecule has 90 valence electrons. The van der Waals surface area contributed by atoms with Gasteiger partial charge in [-0.15, -0.1) is 0 Å². The molecular formula is C13H14BrNO2. The van der Waals surface area contributed by atoms with Crippen molar-refractivity contribution in [3.05, 3.63) is 40.9 Å². The number of halogens is 1. The Morgan fingerprint density at radius 1 is 1.53 bits per heavy atom. The normalized spacial score (nSPS) is 18.6. The van der Waals surface area contributed by atoms with Crippen molar-refractivity contribution in [3.8, 4) is 0 Å². The first-order valence-electron chi connectivity index (χ1n) is 5.49. The highest BCUT2D eigenvalue weighted by Crippen LogP contribution is 2.35. The van der Waals surface area contributed by atoms with Crippen molar-refractivity contribution < 1.29 is 9.90 Å². The highest BCUT2D eigenvalue weighted by Gasteiger charge is 2.29. The number of para-hydroxylation sites is 1. The van der Waals surface area contributed by atoms with Gasteiger partial charge in [0.25, 0.3) is 0 Å². The van der Waals surface area contributed by atoms with Gasteiger partial charge in [0.05, 0.1) is 5.92 Å². The monoisotopic (exact) mass is 295 g/mol. The lowest BCUT2D eigenvalue weighted by Crippen LogP contribution is -2.34. The molecule has 0 aromatic heterocycles. The van der Waals surface area contributed by atoms with E-state index in [9.17, 15) is 9.90 Å². The number of aliphatic carboxylic acids is 1. The number of fused-ring (bicyclic) bond motifs is 1. The predicted molar refractivity (Wildman–Crippen MR) is 71.7 cm³/mol. The topological polar surface area (TPSA) is 40.5 Å². The molecule has 0 spiro atoms. The van der Waals surface area contributed by atoms with Crippen LogP contribution in [0, 0.1) is 0 Å². The number of hydrogen-bond acceptors (Lipinski definition) is 2. The van der Waals surface area contributed by atoms with Crippen LogP contribution in [0.4, 0.5) is 5.69 Å². The molecule has 17 heavy (non-hydrogen) atoms. The summed E-state index contributed by atoms with van der Waals surface area (Å²) in [6, 6.07) is 7.70. The van der Waals surface area contributed by atoms with E-state index in [0.29, 0.717) is 13.0 Å². The second-order valence-corrected chi connectivity index (χ2v) is 5.30.